The van der Waals surface area contributed by atoms with Crippen molar-refractivity contribution in [3.63, 3.8) is 0 Å². The number of phenols is 1. The molecule has 1 atom stereocenters. The molecule has 1 heterocycles. The first kappa shape index (κ1) is 20.1. The summed E-state index contributed by atoms with van der Waals surface area (Å²) in [4.78, 5) is 12.5. The van der Waals surface area contributed by atoms with Crippen molar-refractivity contribution in [2.75, 3.05) is 5.75 Å². The van der Waals surface area contributed by atoms with Crippen molar-refractivity contribution >= 4 is 26.5 Å². The molecule has 0 saturated carbocycles. The molecule has 28 heavy (non-hydrogen) atoms. The summed E-state index contributed by atoms with van der Waals surface area (Å²) >= 11 is 0. The molecule has 1 unspecified atom stereocenters. The van der Waals surface area contributed by atoms with Crippen LogP contribution in [0.4, 0.5) is 3.89 Å². The first-order valence-corrected chi connectivity index (χ1v) is 10.9. The van der Waals surface area contributed by atoms with Gasteiger partial charge >= 0.3 is 0 Å². The van der Waals surface area contributed by atoms with E-state index in [0.717, 1.165) is 6.42 Å². The van der Waals surface area contributed by atoms with E-state index >= 15 is 3.89 Å². The highest BCUT2D eigenvalue weighted by atomic mass is 32.3. The van der Waals surface area contributed by atoms with Gasteiger partial charge in [0.2, 0.25) is 5.17 Å². The van der Waals surface area contributed by atoms with Crippen molar-refractivity contribution in [3.05, 3.63) is 64.7 Å². The van der Waals surface area contributed by atoms with Gasteiger partial charge in [-0.3, -0.25) is 10.1 Å². The minimum atomic E-state index is -3.06. The number of amides is 1. The molecule has 2 N–H and O–H groups in total. The fourth-order valence-electron chi connectivity index (χ4n) is 3.04. The molecule has 7 heteroatoms. The van der Waals surface area contributed by atoms with E-state index in [2.05, 4.69) is 15.5 Å². The summed E-state index contributed by atoms with van der Waals surface area (Å²) in [6, 6.07) is 12.1. The predicted molar refractivity (Wildman–Crippen MR) is 114 cm³/mol. The van der Waals surface area contributed by atoms with Gasteiger partial charge in [-0.15, -0.1) is 10.2 Å². The average molecular weight is 402 g/mol. The monoisotopic (exact) mass is 401 g/mol. The Balaban J connectivity index is 1.93. The zero-order valence-electron chi connectivity index (χ0n) is 16.2. The number of unbranched alkanes of at least 4 members (excludes halogenated alkanes) is 1. The lowest BCUT2D eigenvalue weighted by molar-refractivity contribution is 0.0977. The number of carbonyl (C=O) groups excluding carboxylic acids is 1. The van der Waals surface area contributed by atoms with Gasteiger partial charge in [0.15, 0.2) is 0 Å². The maximum absolute atomic E-state index is 16.3. The summed E-state index contributed by atoms with van der Waals surface area (Å²) in [5.41, 5.74) is 2.33. The van der Waals surface area contributed by atoms with Gasteiger partial charge in [-0.25, -0.2) is 0 Å². The van der Waals surface area contributed by atoms with E-state index in [-0.39, 0.29) is 21.7 Å². The molecule has 1 aliphatic heterocycles. The van der Waals surface area contributed by atoms with Crippen LogP contribution in [0.5, 0.6) is 5.75 Å². The van der Waals surface area contributed by atoms with Gasteiger partial charge in [-0.1, -0.05) is 31.5 Å². The molecule has 2 aromatic rings. The average Bonchev–Trinajstić information content (AvgIpc) is 3.01. The van der Waals surface area contributed by atoms with Crippen LogP contribution in [0.1, 0.15) is 46.8 Å². The Morgan fingerprint density at radius 1 is 1.14 bits per heavy atom. The van der Waals surface area contributed by atoms with Gasteiger partial charge in [0.05, 0.1) is 0 Å². The Hall–Kier alpha value is -2.67. The molecule has 2 aromatic carbocycles. The van der Waals surface area contributed by atoms with E-state index in [4.69, 9.17) is 0 Å². The number of hydrogen-bond donors (Lipinski definition) is 2. The van der Waals surface area contributed by atoms with Gasteiger partial charge in [0, 0.05) is 27.3 Å². The van der Waals surface area contributed by atoms with Gasteiger partial charge in [-0.05, 0) is 55.7 Å². The normalized spacial score (nSPS) is 20.9. The second kappa shape index (κ2) is 8.14. The molecule has 0 spiro atoms. The first-order chi connectivity index (χ1) is 13.4. The fourth-order valence-corrected chi connectivity index (χ4v) is 5.38. The summed E-state index contributed by atoms with van der Waals surface area (Å²) in [7, 11) is -3.06. The van der Waals surface area contributed by atoms with Gasteiger partial charge in [0.25, 0.3) is 5.91 Å². The van der Waals surface area contributed by atoms with Crippen LogP contribution < -0.4 is 5.32 Å². The van der Waals surface area contributed by atoms with Crippen LogP contribution in [0.15, 0.2) is 52.7 Å². The number of hydrogen-bond acceptors (Lipinski definition) is 4. The first-order valence-electron chi connectivity index (χ1n) is 9.20. The number of carbonyl (C=O) groups is 1. The van der Waals surface area contributed by atoms with Gasteiger partial charge in [0.1, 0.15) is 10.8 Å². The molecular weight excluding hydrogens is 377 g/mol. The highest BCUT2D eigenvalue weighted by Crippen LogP contribution is 2.57. The van der Waals surface area contributed by atoms with Crippen molar-refractivity contribution < 1.29 is 13.8 Å². The Kier molecular flexibility index (Phi) is 5.84. The molecule has 3 rings (SSSR count). The second-order valence-electron chi connectivity index (χ2n) is 6.80. The fraction of sp³-hybridized carbons (Fsp3) is 0.286. The number of rotatable bonds is 5. The topological polar surface area (TPSA) is 74.0 Å². The number of nitrogens with one attached hydrogen (secondary N) is 1. The van der Waals surface area contributed by atoms with Gasteiger partial charge in [-0.2, -0.15) is 3.89 Å². The molecule has 0 fully saturated rings. The van der Waals surface area contributed by atoms with E-state index in [1.807, 2.05) is 13.0 Å². The minimum Gasteiger partial charge on any atom is -0.507 e. The van der Waals surface area contributed by atoms with Crippen LogP contribution in [0, 0.1) is 13.8 Å². The zero-order chi connectivity index (χ0) is 20.3. The van der Waals surface area contributed by atoms with E-state index in [1.54, 1.807) is 50.2 Å². The molecule has 1 amide bonds. The molecule has 5 nitrogen and oxygen atoms in total. The van der Waals surface area contributed by atoms with E-state index in [9.17, 15) is 9.90 Å². The molecule has 148 valence electrons. The molecule has 0 radical (unpaired) electrons. The zero-order valence-corrected chi connectivity index (χ0v) is 17.0. The SMILES string of the molecule is CCCCS1(F)C(NC(=O)c2ccccc2)=NN=C1c1cc(C)c(O)c(C)c1. The Morgan fingerprint density at radius 3 is 2.39 bits per heavy atom. The lowest BCUT2D eigenvalue weighted by Gasteiger charge is -2.29. The number of nitrogens with zero attached hydrogens (tertiary/aromatic N) is 2. The third-order valence-electron chi connectivity index (χ3n) is 4.62. The van der Waals surface area contributed by atoms with E-state index < -0.39 is 16.3 Å². The summed E-state index contributed by atoms with van der Waals surface area (Å²) in [5, 5.41) is 21.1. The largest absolute Gasteiger partial charge is 0.507 e. The number of halogens is 1. The lowest BCUT2D eigenvalue weighted by atomic mass is 10.1. The minimum absolute atomic E-state index is 0.00631. The summed E-state index contributed by atoms with van der Waals surface area (Å²) in [6.07, 6.45) is 1.47. The Labute approximate surface area is 166 Å². The smallest absolute Gasteiger partial charge is 0.257 e. The number of aromatic hydroxyl groups is 1. The Bertz CT molecular complexity index is 936. The highest BCUT2D eigenvalue weighted by molar-refractivity contribution is 8.52. The van der Waals surface area contributed by atoms with Crippen LogP contribution in [0.3, 0.4) is 0 Å². The molecule has 0 bridgehead atoms. The van der Waals surface area contributed by atoms with Crippen LogP contribution in [-0.2, 0) is 0 Å². The quantitative estimate of drug-likeness (QED) is 0.743. The van der Waals surface area contributed by atoms with Crippen LogP contribution in [-0.4, -0.2) is 27.0 Å². The van der Waals surface area contributed by atoms with Crippen molar-refractivity contribution in [1.29, 1.82) is 0 Å². The second-order valence-corrected chi connectivity index (χ2v) is 9.29. The van der Waals surface area contributed by atoms with Crippen molar-refractivity contribution in [3.8, 4) is 5.75 Å². The lowest BCUT2D eigenvalue weighted by Crippen LogP contribution is -2.34. The molecule has 1 aliphatic rings. The number of aryl methyl sites for hydroxylation is 2. The standard InChI is InChI=1S/C21H24FN3O2S/c1-4-5-11-28(22)20(17-12-14(2)18(26)15(3)13-17)24-25-21(28)23-19(27)16-9-7-6-8-10-16/h6-10,12-13,26H,4-5,11H2,1-3H3,(H,23,25,27). The summed E-state index contributed by atoms with van der Waals surface area (Å²) < 4.78 is 16.3. The highest BCUT2D eigenvalue weighted by Gasteiger charge is 2.42. The van der Waals surface area contributed by atoms with Crippen molar-refractivity contribution in [1.82, 2.24) is 5.32 Å². The maximum Gasteiger partial charge on any atom is 0.257 e. The predicted octanol–water partition coefficient (Wildman–Crippen LogP) is 4.96. The number of benzene rings is 2. The molecule has 0 aromatic heterocycles. The summed E-state index contributed by atoms with van der Waals surface area (Å²) in [5.74, 6) is 0.0311. The van der Waals surface area contributed by atoms with E-state index in [0.29, 0.717) is 28.7 Å². The van der Waals surface area contributed by atoms with Crippen molar-refractivity contribution in [2.24, 2.45) is 10.2 Å². The van der Waals surface area contributed by atoms with Crippen molar-refractivity contribution in [2.45, 2.75) is 33.6 Å². The third-order valence-corrected chi connectivity index (χ3v) is 7.20. The number of amidine groups is 1. The molecular formula is C21H24FN3O2S. The third kappa shape index (κ3) is 3.80. The van der Waals surface area contributed by atoms with Gasteiger partial charge < -0.3 is 5.11 Å². The molecule has 0 saturated heterocycles. The van der Waals surface area contributed by atoms with Crippen LogP contribution >= 0.6 is 10.4 Å². The van der Waals surface area contributed by atoms with E-state index in [1.165, 1.54) is 0 Å². The molecule has 0 aliphatic carbocycles. The van der Waals surface area contributed by atoms with Crippen LogP contribution in [0.2, 0.25) is 0 Å². The maximum atomic E-state index is 16.3. The Morgan fingerprint density at radius 2 is 1.79 bits per heavy atom. The van der Waals surface area contributed by atoms with Crippen LogP contribution in [0.25, 0.3) is 0 Å². The number of phenolic OH excluding ortho intramolecular Hbond substituents is 1. The summed E-state index contributed by atoms with van der Waals surface area (Å²) in [6.45, 7) is 5.52.